The molecule has 0 saturated carbocycles. The molecule has 4 aromatic carbocycles. The third-order valence-corrected chi connectivity index (χ3v) is 7.85. The minimum absolute atomic E-state index is 0.0329. The van der Waals surface area contributed by atoms with E-state index in [1.165, 1.54) is 5.56 Å². The van der Waals surface area contributed by atoms with Gasteiger partial charge in [-0.15, -0.1) is 11.8 Å². The summed E-state index contributed by atoms with van der Waals surface area (Å²) in [6.07, 6.45) is 0. The topological polar surface area (TPSA) is 56.2 Å². The van der Waals surface area contributed by atoms with Crippen molar-refractivity contribution in [3.8, 4) is 22.7 Å². The summed E-state index contributed by atoms with van der Waals surface area (Å²) in [5.41, 5.74) is 7.18. The Labute approximate surface area is 226 Å². The minimum Gasteiger partial charge on any atom is -0.489 e. The van der Waals surface area contributed by atoms with Gasteiger partial charge in [0.05, 0.1) is 22.4 Å². The number of anilines is 1. The number of hydrogen-bond acceptors (Lipinski definition) is 4. The molecule has 1 N–H and O–H groups in total. The molecule has 0 spiro atoms. The average molecular weight is 518 g/mol. The van der Waals surface area contributed by atoms with Crippen LogP contribution in [0.4, 0.5) is 5.82 Å². The fourth-order valence-electron chi connectivity index (χ4n) is 4.63. The SMILES string of the molecule is Cc1ccc(-n2nc(-c3ccccc3)c3c2NC(=O)CS[C@@H]3c2ccc(OCc3ccccc3)cc2)cc1. The maximum atomic E-state index is 12.9. The predicted octanol–water partition coefficient (Wildman–Crippen LogP) is 7.20. The number of hydrogen-bond donors (Lipinski definition) is 1. The molecule has 0 aliphatic carbocycles. The highest BCUT2D eigenvalue weighted by Crippen LogP contribution is 2.47. The van der Waals surface area contributed by atoms with Gasteiger partial charge >= 0.3 is 0 Å². The molecule has 0 fully saturated rings. The van der Waals surface area contributed by atoms with E-state index < -0.39 is 0 Å². The third kappa shape index (κ3) is 4.95. The second kappa shape index (κ2) is 10.6. The number of benzene rings is 4. The second-order valence-corrected chi connectivity index (χ2v) is 10.4. The number of rotatable bonds is 6. The molecule has 0 bridgehead atoms. The van der Waals surface area contributed by atoms with Gasteiger partial charge < -0.3 is 10.1 Å². The quantitative estimate of drug-likeness (QED) is 0.259. The van der Waals surface area contributed by atoms with Crippen LogP contribution in [0.3, 0.4) is 0 Å². The highest BCUT2D eigenvalue weighted by atomic mass is 32.2. The van der Waals surface area contributed by atoms with Crippen LogP contribution in [0, 0.1) is 6.92 Å². The summed E-state index contributed by atoms with van der Waals surface area (Å²) < 4.78 is 7.89. The number of carbonyl (C=O) groups is 1. The Morgan fingerprint density at radius 1 is 0.895 bits per heavy atom. The molecule has 1 aliphatic heterocycles. The number of amides is 1. The number of thioether (sulfide) groups is 1. The zero-order valence-corrected chi connectivity index (χ0v) is 21.8. The Bertz CT molecular complexity index is 1550. The first-order chi connectivity index (χ1) is 18.7. The first-order valence-corrected chi connectivity index (χ1v) is 13.6. The van der Waals surface area contributed by atoms with Crippen LogP contribution in [0.5, 0.6) is 5.75 Å². The van der Waals surface area contributed by atoms with Gasteiger partial charge in [0.25, 0.3) is 0 Å². The van der Waals surface area contributed by atoms with Crippen LogP contribution in [-0.4, -0.2) is 21.4 Å². The van der Waals surface area contributed by atoms with Crippen LogP contribution in [0.15, 0.2) is 109 Å². The molecule has 1 aliphatic rings. The lowest BCUT2D eigenvalue weighted by Crippen LogP contribution is -2.15. The maximum Gasteiger partial charge on any atom is 0.235 e. The summed E-state index contributed by atoms with van der Waals surface area (Å²) in [5.74, 6) is 1.85. The van der Waals surface area contributed by atoms with Crippen molar-refractivity contribution in [2.45, 2.75) is 18.8 Å². The number of ether oxygens (including phenoxy) is 1. The van der Waals surface area contributed by atoms with Gasteiger partial charge in [-0.3, -0.25) is 4.79 Å². The van der Waals surface area contributed by atoms with Crippen molar-refractivity contribution in [3.05, 3.63) is 131 Å². The Morgan fingerprint density at radius 3 is 2.29 bits per heavy atom. The molecule has 6 heteroatoms. The smallest absolute Gasteiger partial charge is 0.235 e. The average Bonchev–Trinajstić information content (AvgIpc) is 3.23. The summed E-state index contributed by atoms with van der Waals surface area (Å²) in [6.45, 7) is 2.58. The van der Waals surface area contributed by atoms with E-state index in [9.17, 15) is 4.79 Å². The second-order valence-electron chi connectivity index (χ2n) is 9.31. The van der Waals surface area contributed by atoms with E-state index in [-0.39, 0.29) is 11.2 Å². The van der Waals surface area contributed by atoms with Gasteiger partial charge in [-0.25, -0.2) is 4.68 Å². The van der Waals surface area contributed by atoms with E-state index in [4.69, 9.17) is 9.84 Å². The molecule has 0 unspecified atom stereocenters. The lowest BCUT2D eigenvalue weighted by molar-refractivity contribution is -0.113. The molecule has 5 aromatic rings. The lowest BCUT2D eigenvalue weighted by Gasteiger charge is -2.17. The lowest BCUT2D eigenvalue weighted by atomic mass is 10.00. The zero-order chi connectivity index (χ0) is 25.9. The summed E-state index contributed by atoms with van der Waals surface area (Å²) in [6, 6.07) is 36.7. The predicted molar refractivity (Wildman–Crippen MR) is 154 cm³/mol. The molecule has 0 radical (unpaired) electrons. The molecule has 0 saturated heterocycles. The molecule has 188 valence electrons. The Hall–Kier alpha value is -4.29. The largest absolute Gasteiger partial charge is 0.489 e. The number of nitrogens with one attached hydrogen (secondary N) is 1. The van der Waals surface area contributed by atoms with Crippen LogP contribution in [-0.2, 0) is 11.4 Å². The van der Waals surface area contributed by atoms with Crippen molar-refractivity contribution in [1.29, 1.82) is 0 Å². The highest BCUT2D eigenvalue weighted by Gasteiger charge is 2.32. The first kappa shape index (κ1) is 24.1. The van der Waals surface area contributed by atoms with Crippen LogP contribution >= 0.6 is 11.8 Å². The number of aromatic nitrogens is 2. The minimum atomic E-state index is -0.0819. The molecular weight excluding hydrogens is 490 g/mol. The van der Waals surface area contributed by atoms with E-state index in [1.54, 1.807) is 11.8 Å². The Kier molecular flexibility index (Phi) is 6.71. The van der Waals surface area contributed by atoms with Gasteiger partial charge in [-0.1, -0.05) is 90.5 Å². The summed E-state index contributed by atoms with van der Waals surface area (Å²) in [7, 11) is 0. The van der Waals surface area contributed by atoms with Gasteiger partial charge in [0.2, 0.25) is 5.91 Å². The Balaban J connectivity index is 1.41. The first-order valence-electron chi connectivity index (χ1n) is 12.6. The molecule has 1 amide bonds. The van der Waals surface area contributed by atoms with Crippen molar-refractivity contribution < 1.29 is 9.53 Å². The molecule has 2 heterocycles. The van der Waals surface area contributed by atoms with E-state index in [2.05, 4.69) is 60.8 Å². The normalized spacial score (nSPS) is 14.9. The fraction of sp³-hybridized carbons (Fsp3) is 0.125. The fourth-order valence-corrected chi connectivity index (χ4v) is 5.76. The van der Waals surface area contributed by atoms with Crippen molar-refractivity contribution >= 4 is 23.5 Å². The third-order valence-electron chi connectivity index (χ3n) is 6.58. The van der Waals surface area contributed by atoms with Gasteiger partial charge in [0.15, 0.2) is 0 Å². The van der Waals surface area contributed by atoms with Gasteiger partial charge in [-0.2, -0.15) is 5.10 Å². The van der Waals surface area contributed by atoms with Crippen molar-refractivity contribution in [3.63, 3.8) is 0 Å². The molecule has 5 nitrogen and oxygen atoms in total. The maximum absolute atomic E-state index is 12.9. The number of carbonyl (C=O) groups excluding carboxylic acids is 1. The Morgan fingerprint density at radius 2 is 1.58 bits per heavy atom. The van der Waals surface area contributed by atoms with Gasteiger partial charge in [-0.05, 0) is 42.3 Å². The van der Waals surface area contributed by atoms with E-state index in [1.807, 2.05) is 65.3 Å². The van der Waals surface area contributed by atoms with Crippen LogP contribution < -0.4 is 10.1 Å². The molecule has 1 aromatic heterocycles. The number of aryl methyl sites for hydroxylation is 1. The summed E-state index contributed by atoms with van der Waals surface area (Å²) in [5, 5.41) is 8.14. The highest BCUT2D eigenvalue weighted by molar-refractivity contribution is 8.00. The standard InChI is InChI=1S/C32H27N3O2S/c1-22-12-16-26(17-13-22)35-32-29(30(34-35)24-10-6-3-7-11-24)31(38-21-28(36)33-32)25-14-18-27(19-15-25)37-20-23-8-4-2-5-9-23/h2-19,31H,20-21H2,1H3,(H,33,36)/t31-/m1/s1. The van der Waals surface area contributed by atoms with E-state index in [0.717, 1.165) is 45.2 Å². The number of fused-ring (bicyclic) bond motifs is 1. The molecule has 1 atom stereocenters. The molecule has 38 heavy (non-hydrogen) atoms. The van der Waals surface area contributed by atoms with Crippen molar-refractivity contribution in [1.82, 2.24) is 9.78 Å². The molecular formula is C32H27N3O2S. The van der Waals surface area contributed by atoms with Crippen LogP contribution in [0.1, 0.15) is 27.5 Å². The summed E-state index contributed by atoms with van der Waals surface area (Å²) in [4.78, 5) is 12.9. The summed E-state index contributed by atoms with van der Waals surface area (Å²) >= 11 is 1.62. The van der Waals surface area contributed by atoms with Crippen LogP contribution in [0.25, 0.3) is 16.9 Å². The van der Waals surface area contributed by atoms with Crippen molar-refractivity contribution in [2.75, 3.05) is 11.1 Å². The zero-order valence-electron chi connectivity index (χ0n) is 21.0. The van der Waals surface area contributed by atoms with E-state index >= 15 is 0 Å². The molecule has 6 rings (SSSR count). The van der Waals surface area contributed by atoms with Crippen molar-refractivity contribution in [2.24, 2.45) is 0 Å². The number of nitrogens with zero attached hydrogens (tertiary/aromatic N) is 2. The van der Waals surface area contributed by atoms with Crippen LogP contribution in [0.2, 0.25) is 0 Å². The monoisotopic (exact) mass is 517 g/mol. The van der Waals surface area contributed by atoms with E-state index in [0.29, 0.717) is 12.4 Å². The van der Waals surface area contributed by atoms with Gasteiger partial charge in [0.1, 0.15) is 18.2 Å². The van der Waals surface area contributed by atoms with Gasteiger partial charge in [0, 0.05) is 11.1 Å².